The van der Waals surface area contributed by atoms with Gasteiger partial charge in [0.2, 0.25) is 0 Å². The average molecular weight is 466 g/mol. The van der Waals surface area contributed by atoms with Crippen molar-refractivity contribution in [3.8, 4) is 6.07 Å². The highest BCUT2D eigenvalue weighted by Crippen LogP contribution is 2.31. The van der Waals surface area contributed by atoms with Crippen LogP contribution in [-0.4, -0.2) is 72.4 Å². The zero-order chi connectivity index (χ0) is 24.5. The number of carbonyl (C=O) groups is 2. The van der Waals surface area contributed by atoms with Crippen molar-refractivity contribution in [1.29, 1.82) is 5.26 Å². The lowest BCUT2D eigenvalue weighted by Gasteiger charge is -2.44. The second-order valence-corrected chi connectivity index (χ2v) is 9.98. The number of ether oxygens (including phenoxy) is 2. The fraction of sp³-hybridized carbons (Fsp3) is 0.520. The Labute approximate surface area is 199 Å². The molecule has 2 aliphatic heterocycles. The van der Waals surface area contributed by atoms with Crippen LogP contribution in [0.1, 0.15) is 33.3 Å². The Morgan fingerprint density at radius 3 is 2.71 bits per heavy atom. The Bertz CT molecular complexity index is 1120. The molecule has 1 N–H and O–H groups in total. The second kappa shape index (κ2) is 9.47. The van der Waals surface area contributed by atoms with Gasteiger partial charge in [-0.15, -0.1) is 0 Å². The van der Waals surface area contributed by atoms with E-state index >= 15 is 0 Å². The minimum Gasteiger partial charge on any atom is -0.444 e. The summed E-state index contributed by atoms with van der Waals surface area (Å²) in [4.78, 5) is 33.3. The number of pyridine rings is 1. The van der Waals surface area contributed by atoms with Gasteiger partial charge in [-0.3, -0.25) is 9.78 Å². The van der Waals surface area contributed by atoms with Gasteiger partial charge in [0, 0.05) is 49.4 Å². The van der Waals surface area contributed by atoms with E-state index in [0.29, 0.717) is 43.8 Å². The number of likely N-dealkylation sites (tertiary alicyclic amines) is 1. The number of benzene rings is 1. The van der Waals surface area contributed by atoms with Crippen molar-refractivity contribution in [3.05, 3.63) is 36.0 Å². The van der Waals surface area contributed by atoms with Gasteiger partial charge < -0.3 is 24.6 Å². The number of nitrogens with one attached hydrogen (secondary N) is 1. The van der Waals surface area contributed by atoms with Crippen molar-refractivity contribution >= 4 is 28.6 Å². The molecule has 0 aliphatic carbocycles. The Kier molecular flexibility index (Phi) is 6.62. The van der Waals surface area contributed by atoms with Gasteiger partial charge in [-0.1, -0.05) is 0 Å². The zero-order valence-electron chi connectivity index (χ0n) is 20.1. The number of nitriles is 1. The molecule has 0 bridgehead atoms. The van der Waals surface area contributed by atoms with Crippen molar-refractivity contribution in [1.82, 2.24) is 15.2 Å². The summed E-state index contributed by atoms with van der Waals surface area (Å²) in [5, 5.41) is 13.1. The minimum absolute atomic E-state index is 0.0406. The quantitative estimate of drug-likeness (QED) is 0.740. The molecule has 2 unspecified atom stereocenters. The number of amides is 2. The molecule has 2 aromatic rings. The van der Waals surface area contributed by atoms with Gasteiger partial charge in [-0.25, -0.2) is 4.79 Å². The molecule has 4 rings (SSSR count). The van der Waals surface area contributed by atoms with E-state index in [2.05, 4.69) is 21.3 Å². The fourth-order valence-corrected chi connectivity index (χ4v) is 4.43. The van der Waals surface area contributed by atoms with E-state index < -0.39 is 17.8 Å². The van der Waals surface area contributed by atoms with Gasteiger partial charge in [0.25, 0.3) is 5.91 Å². The Morgan fingerprint density at radius 1 is 1.24 bits per heavy atom. The molecule has 2 atom stereocenters. The molecule has 0 spiro atoms. The van der Waals surface area contributed by atoms with Crippen molar-refractivity contribution in [2.75, 3.05) is 37.6 Å². The normalized spacial score (nSPS) is 21.0. The van der Waals surface area contributed by atoms with E-state index in [1.165, 1.54) is 0 Å². The van der Waals surface area contributed by atoms with Crippen molar-refractivity contribution in [3.63, 3.8) is 0 Å². The summed E-state index contributed by atoms with van der Waals surface area (Å²) < 4.78 is 11.3. The summed E-state index contributed by atoms with van der Waals surface area (Å²) in [5.74, 6) is 0.156. The SMILES string of the molecule is CC1CN(c2ccc(C#N)c3ncccc23)CC(C(=O)N2CC(CNC(=O)OC(C)(C)C)C2)O1. The summed E-state index contributed by atoms with van der Waals surface area (Å²) in [5.41, 5.74) is 1.59. The third-order valence-corrected chi connectivity index (χ3v) is 5.95. The largest absolute Gasteiger partial charge is 0.444 e. The van der Waals surface area contributed by atoms with E-state index in [0.717, 1.165) is 11.1 Å². The van der Waals surface area contributed by atoms with E-state index in [1.807, 2.05) is 45.9 Å². The molecule has 180 valence electrons. The Morgan fingerprint density at radius 2 is 2.00 bits per heavy atom. The van der Waals surface area contributed by atoms with Gasteiger partial charge >= 0.3 is 6.09 Å². The molecular formula is C25H31N5O4. The predicted molar refractivity (Wildman–Crippen MR) is 127 cm³/mol. The number of morpholine rings is 1. The molecule has 9 nitrogen and oxygen atoms in total. The van der Waals surface area contributed by atoms with Crippen LogP contribution in [-0.2, 0) is 14.3 Å². The molecule has 2 amide bonds. The smallest absolute Gasteiger partial charge is 0.407 e. The maximum absolute atomic E-state index is 13.1. The molecule has 9 heteroatoms. The van der Waals surface area contributed by atoms with Gasteiger partial charge in [0.05, 0.1) is 23.7 Å². The van der Waals surface area contributed by atoms with Crippen LogP contribution in [0.4, 0.5) is 10.5 Å². The number of hydrogen-bond acceptors (Lipinski definition) is 7. The maximum Gasteiger partial charge on any atom is 0.407 e. The number of hydrogen-bond donors (Lipinski definition) is 1. The molecule has 34 heavy (non-hydrogen) atoms. The standard InChI is InChI=1S/C25H31N5O4/c1-16-12-29(20-8-7-18(10-26)22-19(20)6-5-9-27-22)15-21(33-16)23(31)30-13-17(14-30)11-28-24(32)34-25(2,3)4/h5-9,16-17,21H,11-15H2,1-4H3,(H,28,32). The number of carbonyl (C=O) groups excluding carboxylic acids is 2. The molecule has 2 aliphatic rings. The highest BCUT2D eigenvalue weighted by Gasteiger charge is 2.39. The molecular weight excluding hydrogens is 434 g/mol. The first-order chi connectivity index (χ1) is 16.1. The fourth-order valence-electron chi connectivity index (χ4n) is 4.43. The van der Waals surface area contributed by atoms with E-state index in [1.54, 1.807) is 17.2 Å². The van der Waals surface area contributed by atoms with Crippen molar-refractivity contribution in [2.24, 2.45) is 5.92 Å². The molecule has 2 saturated heterocycles. The zero-order valence-corrected chi connectivity index (χ0v) is 20.1. The molecule has 1 aromatic heterocycles. The monoisotopic (exact) mass is 465 g/mol. The summed E-state index contributed by atoms with van der Waals surface area (Å²) in [6.45, 7) is 10.1. The van der Waals surface area contributed by atoms with Crippen LogP contribution in [0.3, 0.4) is 0 Å². The maximum atomic E-state index is 13.1. The summed E-state index contributed by atoms with van der Waals surface area (Å²) >= 11 is 0. The first-order valence-electron chi connectivity index (χ1n) is 11.6. The molecule has 0 saturated carbocycles. The summed E-state index contributed by atoms with van der Waals surface area (Å²) in [6.07, 6.45) is 0.530. The number of rotatable bonds is 4. The van der Waals surface area contributed by atoms with Gasteiger partial charge in [-0.2, -0.15) is 5.26 Å². The topological polar surface area (TPSA) is 108 Å². The van der Waals surface area contributed by atoms with E-state index in [9.17, 15) is 14.9 Å². The predicted octanol–water partition coefficient (Wildman–Crippen LogP) is 2.68. The Hall–Kier alpha value is -3.38. The van der Waals surface area contributed by atoms with Gasteiger partial charge in [0.15, 0.2) is 6.10 Å². The number of alkyl carbamates (subject to hydrolysis) is 1. The lowest BCUT2D eigenvalue weighted by molar-refractivity contribution is -0.154. The Balaban J connectivity index is 1.37. The van der Waals surface area contributed by atoms with E-state index in [4.69, 9.17) is 9.47 Å². The van der Waals surface area contributed by atoms with Crippen molar-refractivity contribution < 1.29 is 19.1 Å². The van der Waals surface area contributed by atoms with Crippen LogP contribution in [0.15, 0.2) is 30.5 Å². The van der Waals surface area contributed by atoms with Crippen LogP contribution >= 0.6 is 0 Å². The highest BCUT2D eigenvalue weighted by atomic mass is 16.6. The summed E-state index contributed by atoms with van der Waals surface area (Å²) in [7, 11) is 0. The third kappa shape index (κ3) is 5.23. The van der Waals surface area contributed by atoms with Crippen LogP contribution < -0.4 is 10.2 Å². The number of nitrogens with zero attached hydrogens (tertiary/aromatic N) is 4. The average Bonchev–Trinajstić information content (AvgIpc) is 2.75. The molecule has 1 aromatic carbocycles. The number of fused-ring (bicyclic) bond motifs is 1. The minimum atomic E-state index is -0.578. The van der Waals surface area contributed by atoms with Gasteiger partial charge in [0.1, 0.15) is 11.7 Å². The second-order valence-electron chi connectivity index (χ2n) is 9.98. The third-order valence-electron chi connectivity index (χ3n) is 5.95. The molecule has 0 radical (unpaired) electrons. The highest BCUT2D eigenvalue weighted by molar-refractivity contribution is 5.95. The van der Waals surface area contributed by atoms with Crippen LogP contribution in [0.25, 0.3) is 10.9 Å². The lowest BCUT2D eigenvalue weighted by Crippen LogP contribution is -2.60. The van der Waals surface area contributed by atoms with Crippen LogP contribution in [0.2, 0.25) is 0 Å². The van der Waals surface area contributed by atoms with Crippen LogP contribution in [0.5, 0.6) is 0 Å². The van der Waals surface area contributed by atoms with Gasteiger partial charge in [-0.05, 0) is 52.0 Å². The van der Waals surface area contributed by atoms with Crippen LogP contribution in [0, 0.1) is 17.2 Å². The summed E-state index contributed by atoms with van der Waals surface area (Å²) in [6, 6.07) is 9.70. The van der Waals surface area contributed by atoms with Crippen molar-refractivity contribution in [2.45, 2.75) is 45.5 Å². The number of aromatic nitrogens is 1. The first kappa shape index (κ1) is 23.8. The van der Waals surface area contributed by atoms with E-state index in [-0.39, 0.29) is 17.9 Å². The first-order valence-corrected chi connectivity index (χ1v) is 11.6. The number of anilines is 1. The lowest BCUT2D eigenvalue weighted by atomic mass is 9.98. The molecule has 2 fully saturated rings. The molecule has 3 heterocycles.